The van der Waals surface area contributed by atoms with Crippen LogP contribution in [0.5, 0.6) is 0 Å². The summed E-state index contributed by atoms with van der Waals surface area (Å²) >= 11 is 0. The number of nitrogens with two attached hydrogens (primary N) is 1. The van der Waals surface area contributed by atoms with Crippen LogP contribution in [0.1, 0.15) is 13.8 Å². The van der Waals surface area contributed by atoms with Crippen LogP contribution in [0.15, 0.2) is 0 Å². The minimum absolute atomic E-state index is 0. The van der Waals surface area contributed by atoms with Gasteiger partial charge in [-0.3, -0.25) is 9.69 Å². The number of carbonyl (C=O) groups excluding carboxylic acids is 1. The zero-order chi connectivity index (χ0) is 12.1. The van der Waals surface area contributed by atoms with E-state index in [1.807, 2.05) is 18.7 Å². The van der Waals surface area contributed by atoms with E-state index in [9.17, 15) is 4.79 Å². The van der Waals surface area contributed by atoms with Gasteiger partial charge >= 0.3 is 0 Å². The van der Waals surface area contributed by atoms with Gasteiger partial charge in [-0.05, 0) is 6.92 Å². The molecule has 6 heteroatoms. The Balaban J connectivity index is 0.00000256. The summed E-state index contributed by atoms with van der Waals surface area (Å²) in [5.41, 5.74) is 5.73. The molecule has 1 heterocycles. The van der Waals surface area contributed by atoms with Crippen LogP contribution in [0, 0.1) is 5.92 Å². The molecular formula is C11H24ClN3O2. The molecule has 0 radical (unpaired) electrons. The lowest BCUT2D eigenvalue weighted by Crippen LogP contribution is -2.52. The Morgan fingerprint density at radius 1 is 1.29 bits per heavy atom. The Labute approximate surface area is 109 Å². The first kappa shape index (κ1) is 16.6. The lowest BCUT2D eigenvalue weighted by molar-refractivity contribution is -0.137. The van der Waals surface area contributed by atoms with E-state index in [4.69, 9.17) is 10.8 Å². The molecular weight excluding hydrogens is 242 g/mol. The number of hydrogen-bond acceptors (Lipinski definition) is 4. The molecule has 0 spiro atoms. The minimum Gasteiger partial charge on any atom is -0.395 e. The number of halogens is 1. The molecule has 0 aromatic heterocycles. The van der Waals surface area contributed by atoms with E-state index in [1.54, 1.807) is 0 Å². The number of piperazine rings is 1. The third-order valence-corrected chi connectivity index (χ3v) is 3.28. The van der Waals surface area contributed by atoms with Crippen LogP contribution in [0.3, 0.4) is 0 Å². The van der Waals surface area contributed by atoms with Gasteiger partial charge < -0.3 is 15.7 Å². The van der Waals surface area contributed by atoms with Crippen molar-refractivity contribution in [1.82, 2.24) is 9.80 Å². The standard InChI is InChI=1S/C11H23N3O2.ClH/c1-9(10(2)12)11(16)14-5-3-13(4-6-14)7-8-15;/h9-10,15H,3-8,12H2,1-2H3;1H. The predicted molar refractivity (Wildman–Crippen MR) is 70.2 cm³/mol. The van der Waals surface area contributed by atoms with Crippen molar-refractivity contribution in [3.05, 3.63) is 0 Å². The molecule has 1 rings (SSSR count). The number of amides is 1. The number of nitrogens with zero attached hydrogens (tertiary/aromatic N) is 2. The Bertz CT molecular complexity index is 231. The summed E-state index contributed by atoms with van der Waals surface area (Å²) in [5, 5.41) is 8.82. The fourth-order valence-electron chi connectivity index (χ4n) is 1.85. The zero-order valence-corrected chi connectivity index (χ0v) is 11.4. The highest BCUT2D eigenvalue weighted by atomic mass is 35.5. The number of aliphatic hydroxyl groups excluding tert-OH is 1. The van der Waals surface area contributed by atoms with Crippen LogP contribution in [0.25, 0.3) is 0 Å². The summed E-state index contributed by atoms with van der Waals surface area (Å²) in [6.45, 7) is 7.81. The van der Waals surface area contributed by atoms with Crippen LogP contribution in [0.2, 0.25) is 0 Å². The summed E-state index contributed by atoms with van der Waals surface area (Å²) in [5.74, 6) is 0.0445. The minimum atomic E-state index is -0.107. The largest absolute Gasteiger partial charge is 0.395 e. The molecule has 17 heavy (non-hydrogen) atoms. The first-order valence-electron chi connectivity index (χ1n) is 5.94. The lowest BCUT2D eigenvalue weighted by Gasteiger charge is -2.36. The van der Waals surface area contributed by atoms with Crippen molar-refractivity contribution in [2.75, 3.05) is 39.3 Å². The van der Waals surface area contributed by atoms with Gasteiger partial charge in [0.25, 0.3) is 0 Å². The first-order valence-corrected chi connectivity index (χ1v) is 5.94. The monoisotopic (exact) mass is 265 g/mol. The van der Waals surface area contributed by atoms with Gasteiger partial charge in [0.15, 0.2) is 0 Å². The molecule has 5 nitrogen and oxygen atoms in total. The summed E-state index contributed by atoms with van der Waals surface area (Å²) in [4.78, 5) is 16.0. The van der Waals surface area contributed by atoms with Crippen molar-refractivity contribution in [1.29, 1.82) is 0 Å². The van der Waals surface area contributed by atoms with Crippen molar-refractivity contribution in [2.45, 2.75) is 19.9 Å². The summed E-state index contributed by atoms with van der Waals surface area (Å²) < 4.78 is 0. The van der Waals surface area contributed by atoms with Crippen molar-refractivity contribution >= 4 is 18.3 Å². The molecule has 0 saturated carbocycles. The van der Waals surface area contributed by atoms with Crippen molar-refractivity contribution < 1.29 is 9.90 Å². The zero-order valence-electron chi connectivity index (χ0n) is 10.6. The fraction of sp³-hybridized carbons (Fsp3) is 0.909. The molecule has 1 fully saturated rings. The van der Waals surface area contributed by atoms with Gasteiger partial charge in [0, 0.05) is 38.8 Å². The van der Waals surface area contributed by atoms with Crippen LogP contribution < -0.4 is 5.73 Å². The second-order valence-corrected chi connectivity index (χ2v) is 4.54. The van der Waals surface area contributed by atoms with Crippen LogP contribution in [-0.4, -0.2) is 66.2 Å². The first-order chi connectivity index (χ1) is 7.56. The average molecular weight is 266 g/mol. The highest BCUT2D eigenvalue weighted by molar-refractivity contribution is 5.85. The molecule has 0 aromatic rings. The number of carbonyl (C=O) groups is 1. The summed E-state index contributed by atoms with van der Waals surface area (Å²) in [7, 11) is 0. The Morgan fingerprint density at radius 3 is 2.24 bits per heavy atom. The van der Waals surface area contributed by atoms with Gasteiger partial charge in [0.2, 0.25) is 5.91 Å². The normalized spacial score (nSPS) is 20.6. The van der Waals surface area contributed by atoms with Gasteiger partial charge in [-0.2, -0.15) is 0 Å². The van der Waals surface area contributed by atoms with E-state index in [2.05, 4.69) is 4.90 Å². The third-order valence-electron chi connectivity index (χ3n) is 3.28. The molecule has 0 aromatic carbocycles. The molecule has 1 amide bonds. The molecule has 0 aliphatic carbocycles. The topological polar surface area (TPSA) is 69.8 Å². The molecule has 3 N–H and O–H groups in total. The molecule has 2 atom stereocenters. The Kier molecular flexibility index (Phi) is 7.70. The molecule has 1 aliphatic heterocycles. The van der Waals surface area contributed by atoms with Crippen LogP contribution in [-0.2, 0) is 4.79 Å². The predicted octanol–water partition coefficient (Wildman–Crippen LogP) is -0.472. The highest BCUT2D eigenvalue weighted by Gasteiger charge is 2.26. The number of rotatable bonds is 4. The number of hydrogen-bond donors (Lipinski definition) is 2. The second-order valence-electron chi connectivity index (χ2n) is 4.54. The van der Waals surface area contributed by atoms with E-state index in [0.717, 1.165) is 26.2 Å². The van der Waals surface area contributed by atoms with Gasteiger partial charge in [-0.1, -0.05) is 6.92 Å². The lowest BCUT2D eigenvalue weighted by atomic mass is 10.0. The summed E-state index contributed by atoms with van der Waals surface area (Å²) in [6.07, 6.45) is 0. The summed E-state index contributed by atoms with van der Waals surface area (Å²) in [6, 6.07) is -0.0945. The number of β-amino-alcohol motifs (C(OH)–C–C–N with tert-alkyl or cyclic N) is 1. The Morgan fingerprint density at radius 2 is 1.82 bits per heavy atom. The molecule has 102 valence electrons. The van der Waals surface area contributed by atoms with Gasteiger partial charge in [-0.25, -0.2) is 0 Å². The molecule has 1 aliphatic rings. The average Bonchev–Trinajstić information content (AvgIpc) is 2.28. The molecule has 2 unspecified atom stereocenters. The Hall–Kier alpha value is -0.360. The third kappa shape index (κ3) is 4.79. The van der Waals surface area contributed by atoms with E-state index in [-0.39, 0.29) is 36.9 Å². The maximum atomic E-state index is 12.0. The second kappa shape index (κ2) is 7.87. The van der Waals surface area contributed by atoms with Crippen molar-refractivity contribution in [2.24, 2.45) is 11.7 Å². The van der Waals surface area contributed by atoms with E-state index < -0.39 is 0 Å². The number of aliphatic hydroxyl groups is 1. The van der Waals surface area contributed by atoms with Crippen molar-refractivity contribution in [3.8, 4) is 0 Å². The van der Waals surface area contributed by atoms with Gasteiger partial charge in [0.1, 0.15) is 0 Å². The van der Waals surface area contributed by atoms with E-state index in [0.29, 0.717) is 6.54 Å². The van der Waals surface area contributed by atoms with Crippen LogP contribution >= 0.6 is 12.4 Å². The highest BCUT2D eigenvalue weighted by Crippen LogP contribution is 2.09. The smallest absolute Gasteiger partial charge is 0.227 e. The van der Waals surface area contributed by atoms with E-state index >= 15 is 0 Å². The maximum Gasteiger partial charge on any atom is 0.227 e. The van der Waals surface area contributed by atoms with Gasteiger partial charge in [-0.15, -0.1) is 12.4 Å². The van der Waals surface area contributed by atoms with Gasteiger partial charge in [0.05, 0.1) is 12.5 Å². The van der Waals surface area contributed by atoms with Crippen molar-refractivity contribution in [3.63, 3.8) is 0 Å². The van der Waals surface area contributed by atoms with Crippen LogP contribution in [0.4, 0.5) is 0 Å². The maximum absolute atomic E-state index is 12.0. The fourth-order valence-corrected chi connectivity index (χ4v) is 1.85. The SMILES string of the molecule is CC(N)C(C)C(=O)N1CCN(CCO)CC1.Cl. The quantitative estimate of drug-likeness (QED) is 0.721. The molecule has 0 bridgehead atoms. The van der Waals surface area contributed by atoms with E-state index in [1.165, 1.54) is 0 Å². The molecule has 1 saturated heterocycles.